The quantitative estimate of drug-likeness (QED) is 0.197. The molecule has 1 aliphatic heterocycles. The van der Waals surface area contributed by atoms with Crippen LogP contribution in [0.15, 0.2) is 43.0 Å². The summed E-state index contributed by atoms with van der Waals surface area (Å²) in [4.78, 5) is 34.1. The van der Waals surface area contributed by atoms with Crippen LogP contribution >= 0.6 is 0 Å². The number of aromatic hydroxyl groups is 1. The second kappa shape index (κ2) is 12.8. The number of imidazole rings is 1. The van der Waals surface area contributed by atoms with Crippen molar-refractivity contribution < 1.29 is 42.1 Å². The Morgan fingerprint density at radius 3 is 2.54 bits per heavy atom. The van der Waals surface area contributed by atoms with Gasteiger partial charge in [-0.25, -0.2) is 9.97 Å². The van der Waals surface area contributed by atoms with Crippen LogP contribution in [0.2, 0.25) is 0 Å². The number of fused-ring (bicyclic) bond motifs is 1. The van der Waals surface area contributed by atoms with Gasteiger partial charge in [0.1, 0.15) is 24.1 Å². The fraction of sp³-hybridized carbons (Fsp3) is 0.419. The highest BCUT2D eigenvalue weighted by Gasteiger charge is 2.38. The van der Waals surface area contributed by atoms with Crippen LogP contribution in [-0.4, -0.2) is 60.3 Å². The number of ketones is 1. The number of alkyl halides is 3. The van der Waals surface area contributed by atoms with E-state index in [-0.39, 0.29) is 76.1 Å². The number of rotatable bonds is 8. The predicted molar refractivity (Wildman–Crippen MR) is 153 cm³/mol. The molecule has 2 aliphatic rings. The zero-order valence-corrected chi connectivity index (χ0v) is 24.4. The van der Waals surface area contributed by atoms with Crippen LogP contribution in [0.25, 0.3) is 16.9 Å². The Morgan fingerprint density at radius 2 is 1.85 bits per heavy atom. The molecule has 12 nitrogen and oxygen atoms in total. The summed E-state index contributed by atoms with van der Waals surface area (Å²) >= 11 is 0. The molecule has 0 amide bonds. The number of hydrogen-bond donors (Lipinski definition) is 1. The molecule has 46 heavy (non-hydrogen) atoms. The molecule has 3 aromatic heterocycles. The SMILES string of the molecule is N#CCn1cc(-c2cnc3c(Oc4ccc(C(=O)C5CCC(OC(=O)C6CCOCC6)CC5)c(O)c4)nccn23)c(C(F)(F)F)n1. The van der Waals surface area contributed by atoms with Gasteiger partial charge in [0, 0.05) is 43.8 Å². The Kier molecular flexibility index (Phi) is 8.63. The van der Waals surface area contributed by atoms with Crippen LogP contribution < -0.4 is 4.74 Å². The molecule has 240 valence electrons. The van der Waals surface area contributed by atoms with E-state index in [2.05, 4.69) is 15.1 Å². The third kappa shape index (κ3) is 6.38. The summed E-state index contributed by atoms with van der Waals surface area (Å²) in [5.74, 6) is -1.15. The molecule has 0 radical (unpaired) electrons. The Morgan fingerprint density at radius 1 is 1.09 bits per heavy atom. The van der Waals surface area contributed by atoms with Gasteiger partial charge in [-0.1, -0.05) is 0 Å². The Labute approximate surface area is 260 Å². The number of halogens is 3. The van der Waals surface area contributed by atoms with E-state index in [0.29, 0.717) is 51.7 Å². The maximum absolute atomic E-state index is 13.7. The zero-order valence-electron chi connectivity index (χ0n) is 24.4. The van der Waals surface area contributed by atoms with Crippen molar-refractivity contribution in [1.29, 1.82) is 5.26 Å². The van der Waals surface area contributed by atoms with Crippen molar-refractivity contribution >= 4 is 17.4 Å². The number of carbonyl (C=O) groups excluding carboxylic acids is 2. The topological polar surface area (TPSA) is 154 Å². The normalized spacial score (nSPS) is 19.1. The van der Waals surface area contributed by atoms with Gasteiger partial charge < -0.3 is 19.3 Å². The van der Waals surface area contributed by atoms with E-state index >= 15 is 0 Å². The molecule has 1 N–H and O–H groups in total. The summed E-state index contributed by atoms with van der Waals surface area (Å²) in [5, 5.41) is 23.2. The highest BCUT2D eigenvalue weighted by molar-refractivity contribution is 6.00. The first kappa shape index (κ1) is 31.0. The smallest absolute Gasteiger partial charge is 0.435 e. The predicted octanol–water partition coefficient (Wildman–Crippen LogP) is 5.34. The largest absolute Gasteiger partial charge is 0.507 e. The van der Waals surface area contributed by atoms with E-state index in [0.717, 1.165) is 10.9 Å². The summed E-state index contributed by atoms with van der Waals surface area (Å²) in [5.41, 5.74) is -1.18. The molecule has 0 bridgehead atoms. The van der Waals surface area contributed by atoms with Crippen LogP contribution in [0, 0.1) is 23.2 Å². The summed E-state index contributed by atoms with van der Waals surface area (Å²) in [6, 6.07) is 5.96. The summed E-state index contributed by atoms with van der Waals surface area (Å²) in [7, 11) is 0. The van der Waals surface area contributed by atoms with E-state index in [9.17, 15) is 27.9 Å². The van der Waals surface area contributed by atoms with Gasteiger partial charge in [0.15, 0.2) is 11.5 Å². The standard InChI is InChI=1S/C31H29F3N6O6/c32-31(33,34)27-23(17-39(38-27)11-9-35)24-16-37-28-29(36-10-12-40(24)28)45-21-5-6-22(25(41)15-21)26(42)18-1-3-20(4-2-18)46-30(43)19-7-13-44-14-8-19/h5-6,10,12,15-20,41H,1-4,7-8,11,13-14H2. The molecule has 0 unspecified atom stereocenters. The average molecular weight is 639 g/mol. The molecular formula is C31H29F3N6O6. The molecule has 1 aliphatic carbocycles. The van der Waals surface area contributed by atoms with Gasteiger partial charge in [0.25, 0.3) is 5.88 Å². The third-order valence-electron chi connectivity index (χ3n) is 8.27. The number of ether oxygens (including phenoxy) is 3. The zero-order chi connectivity index (χ0) is 32.4. The molecule has 15 heteroatoms. The van der Waals surface area contributed by atoms with Crippen LogP contribution in [0.3, 0.4) is 0 Å². The van der Waals surface area contributed by atoms with Crippen molar-refractivity contribution in [2.75, 3.05) is 13.2 Å². The molecule has 0 atom stereocenters. The molecule has 4 aromatic rings. The monoisotopic (exact) mass is 638 g/mol. The minimum Gasteiger partial charge on any atom is -0.507 e. The highest BCUT2D eigenvalue weighted by Crippen LogP contribution is 2.38. The van der Waals surface area contributed by atoms with Crippen molar-refractivity contribution in [1.82, 2.24) is 24.1 Å². The van der Waals surface area contributed by atoms with Gasteiger partial charge in [-0.05, 0) is 50.7 Å². The van der Waals surface area contributed by atoms with Crippen LogP contribution in [0.5, 0.6) is 17.4 Å². The first-order chi connectivity index (χ1) is 22.1. The van der Waals surface area contributed by atoms with Gasteiger partial charge in [-0.2, -0.15) is 23.5 Å². The molecule has 1 saturated carbocycles. The van der Waals surface area contributed by atoms with Crippen LogP contribution in [0.1, 0.15) is 54.6 Å². The van der Waals surface area contributed by atoms with Crippen molar-refractivity contribution in [3.05, 3.63) is 54.2 Å². The summed E-state index contributed by atoms with van der Waals surface area (Å²) < 4.78 is 60.3. The number of nitriles is 1. The lowest BCUT2D eigenvalue weighted by molar-refractivity contribution is -0.159. The summed E-state index contributed by atoms with van der Waals surface area (Å²) in [6.07, 6.45) is 3.49. The lowest BCUT2D eigenvalue weighted by Crippen LogP contribution is -2.32. The Hall–Kier alpha value is -4.97. The van der Waals surface area contributed by atoms with E-state index in [1.54, 1.807) is 6.07 Å². The maximum atomic E-state index is 13.7. The van der Waals surface area contributed by atoms with Gasteiger partial charge in [0.2, 0.25) is 5.65 Å². The second-order valence-electron chi connectivity index (χ2n) is 11.3. The Balaban J connectivity index is 1.14. The number of Topliss-reactive ketones (excluding diaryl/α,β-unsaturated/α-hetero) is 1. The fourth-order valence-corrected chi connectivity index (χ4v) is 5.89. The molecule has 1 saturated heterocycles. The maximum Gasteiger partial charge on any atom is 0.435 e. The van der Waals surface area contributed by atoms with Crippen molar-refractivity contribution in [2.45, 2.75) is 57.3 Å². The van der Waals surface area contributed by atoms with E-state index in [1.165, 1.54) is 41.2 Å². The van der Waals surface area contributed by atoms with Crippen LogP contribution in [0.4, 0.5) is 13.2 Å². The number of phenols is 1. The molecule has 6 rings (SSSR count). The van der Waals surface area contributed by atoms with Gasteiger partial charge in [-0.15, -0.1) is 0 Å². The molecule has 4 heterocycles. The van der Waals surface area contributed by atoms with Crippen molar-refractivity contribution in [3.8, 4) is 34.7 Å². The lowest BCUT2D eigenvalue weighted by Gasteiger charge is -2.29. The molecule has 0 spiro atoms. The number of aromatic nitrogens is 5. The highest BCUT2D eigenvalue weighted by atomic mass is 19.4. The molecule has 1 aromatic carbocycles. The van der Waals surface area contributed by atoms with Gasteiger partial charge >= 0.3 is 12.1 Å². The lowest BCUT2D eigenvalue weighted by atomic mass is 9.82. The average Bonchev–Trinajstić information content (AvgIpc) is 3.67. The van der Waals surface area contributed by atoms with Gasteiger partial charge in [0.05, 0.1) is 35.0 Å². The minimum atomic E-state index is -4.78. The molecule has 2 fully saturated rings. The third-order valence-corrected chi connectivity index (χ3v) is 8.27. The van der Waals surface area contributed by atoms with Crippen molar-refractivity contribution in [3.63, 3.8) is 0 Å². The fourth-order valence-electron chi connectivity index (χ4n) is 5.89. The number of nitrogens with zero attached hydrogens (tertiary/aromatic N) is 6. The summed E-state index contributed by atoms with van der Waals surface area (Å²) in [6.45, 7) is 0.732. The number of carbonyl (C=O) groups is 2. The Bertz CT molecular complexity index is 1800. The molecular weight excluding hydrogens is 609 g/mol. The van der Waals surface area contributed by atoms with E-state index in [4.69, 9.17) is 19.5 Å². The number of esters is 1. The van der Waals surface area contributed by atoms with Crippen molar-refractivity contribution in [2.24, 2.45) is 11.8 Å². The van der Waals surface area contributed by atoms with Gasteiger partial charge in [-0.3, -0.25) is 18.7 Å². The second-order valence-corrected chi connectivity index (χ2v) is 11.3. The number of phenolic OH excluding ortho intramolecular Hbond substituents is 1. The first-order valence-electron chi connectivity index (χ1n) is 14.8. The van der Waals surface area contributed by atoms with Crippen LogP contribution in [-0.2, 0) is 27.0 Å². The number of hydrogen-bond acceptors (Lipinski definition) is 10. The number of benzene rings is 1. The minimum absolute atomic E-state index is 0.0515. The van der Waals surface area contributed by atoms with E-state index < -0.39 is 11.9 Å². The first-order valence-corrected chi connectivity index (χ1v) is 14.8. The van der Waals surface area contributed by atoms with E-state index in [1.807, 2.05) is 0 Å².